The van der Waals surface area contributed by atoms with E-state index in [1.54, 1.807) is 11.0 Å². The number of rotatable bonds is 2. The minimum Gasteiger partial charge on any atom is -0.409 e. The molecular formula is C11H13N3O3. The summed E-state index contributed by atoms with van der Waals surface area (Å²) in [5, 5.41) is 3.15. The molecule has 1 aromatic rings. The molecule has 2 rings (SSSR count). The van der Waals surface area contributed by atoms with Crippen LogP contribution in [0.3, 0.4) is 0 Å². The van der Waals surface area contributed by atoms with Gasteiger partial charge in [-0.25, -0.2) is 9.78 Å². The summed E-state index contributed by atoms with van der Waals surface area (Å²) in [7, 11) is 0. The van der Waals surface area contributed by atoms with Crippen LogP contribution < -0.4 is 10.1 Å². The van der Waals surface area contributed by atoms with E-state index >= 15 is 0 Å². The first kappa shape index (κ1) is 11.5. The molecule has 0 spiro atoms. The maximum absolute atomic E-state index is 11.7. The van der Waals surface area contributed by atoms with Crippen molar-refractivity contribution < 1.29 is 14.3 Å². The average molecular weight is 235 g/mol. The SMILES string of the molecule is O=Cc1ccc(OC(=O)N2CCNCC2)cn1. The van der Waals surface area contributed by atoms with E-state index in [0.717, 1.165) is 13.1 Å². The Labute approximate surface area is 98.6 Å². The summed E-state index contributed by atoms with van der Waals surface area (Å²) in [4.78, 5) is 27.6. The molecule has 1 saturated heterocycles. The molecule has 0 bridgehead atoms. The number of pyridine rings is 1. The van der Waals surface area contributed by atoms with Gasteiger partial charge < -0.3 is 15.0 Å². The highest BCUT2D eigenvalue weighted by Crippen LogP contribution is 2.10. The molecule has 0 saturated carbocycles. The number of hydrogen-bond donors (Lipinski definition) is 1. The Morgan fingerprint density at radius 1 is 1.41 bits per heavy atom. The number of nitrogens with zero attached hydrogens (tertiary/aromatic N) is 2. The zero-order valence-corrected chi connectivity index (χ0v) is 9.26. The van der Waals surface area contributed by atoms with Gasteiger partial charge in [0.15, 0.2) is 12.0 Å². The Balaban J connectivity index is 1.94. The smallest absolute Gasteiger partial charge is 0.409 e. The van der Waals surface area contributed by atoms with Gasteiger partial charge in [-0.05, 0) is 12.1 Å². The summed E-state index contributed by atoms with van der Waals surface area (Å²) in [6.45, 7) is 2.83. The van der Waals surface area contributed by atoms with E-state index in [0.29, 0.717) is 30.8 Å². The van der Waals surface area contributed by atoms with Crippen LogP contribution in [0.2, 0.25) is 0 Å². The van der Waals surface area contributed by atoms with E-state index < -0.39 is 0 Å². The number of hydrogen-bond acceptors (Lipinski definition) is 5. The van der Waals surface area contributed by atoms with E-state index in [1.807, 2.05) is 0 Å². The third-order valence-corrected chi connectivity index (χ3v) is 2.46. The van der Waals surface area contributed by atoms with Crippen molar-refractivity contribution in [3.05, 3.63) is 24.0 Å². The molecule has 0 unspecified atom stereocenters. The molecule has 6 nitrogen and oxygen atoms in total. The molecule has 0 atom stereocenters. The molecular weight excluding hydrogens is 222 g/mol. The fourth-order valence-corrected chi connectivity index (χ4v) is 1.53. The first-order valence-corrected chi connectivity index (χ1v) is 5.38. The standard InChI is InChI=1S/C11H13N3O3/c15-8-9-1-2-10(7-13-9)17-11(16)14-5-3-12-4-6-14/h1-2,7-8,12H,3-6H2. The van der Waals surface area contributed by atoms with Gasteiger partial charge in [-0.1, -0.05) is 0 Å². The first-order chi connectivity index (χ1) is 8.29. The van der Waals surface area contributed by atoms with Crippen molar-refractivity contribution in [2.24, 2.45) is 0 Å². The van der Waals surface area contributed by atoms with Crippen LogP contribution in [0.4, 0.5) is 4.79 Å². The van der Waals surface area contributed by atoms with Crippen molar-refractivity contribution in [1.29, 1.82) is 0 Å². The van der Waals surface area contributed by atoms with Gasteiger partial charge in [0.1, 0.15) is 5.69 Å². The predicted molar refractivity (Wildman–Crippen MR) is 60.1 cm³/mol. The van der Waals surface area contributed by atoms with Gasteiger partial charge in [-0.2, -0.15) is 0 Å². The van der Waals surface area contributed by atoms with Crippen LogP contribution in [0.5, 0.6) is 5.75 Å². The number of carbonyl (C=O) groups excluding carboxylic acids is 2. The maximum atomic E-state index is 11.7. The maximum Gasteiger partial charge on any atom is 0.415 e. The molecule has 1 aromatic heterocycles. The molecule has 1 aliphatic rings. The molecule has 1 amide bonds. The largest absolute Gasteiger partial charge is 0.415 e. The van der Waals surface area contributed by atoms with Crippen molar-refractivity contribution in [2.45, 2.75) is 0 Å². The van der Waals surface area contributed by atoms with Crippen LogP contribution in [-0.4, -0.2) is 48.4 Å². The number of piperazine rings is 1. The Morgan fingerprint density at radius 3 is 2.76 bits per heavy atom. The van der Waals surface area contributed by atoms with Gasteiger partial charge in [0.2, 0.25) is 0 Å². The lowest BCUT2D eigenvalue weighted by atomic mass is 10.3. The van der Waals surface area contributed by atoms with Gasteiger partial charge in [-0.15, -0.1) is 0 Å². The molecule has 2 heterocycles. The lowest BCUT2D eigenvalue weighted by Crippen LogP contribution is -2.47. The molecule has 0 aromatic carbocycles. The lowest BCUT2D eigenvalue weighted by molar-refractivity contribution is 0.111. The van der Waals surface area contributed by atoms with Crippen molar-refractivity contribution in [3.8, 4) is 5.75 Å². The highest BCUT2D eigenvalue weighted by atomic mass is 16.6. The Kier molecular flexibility index (Phi) is 3.66. The Bertz CT molecular complexity index is 399. The summed E-state index contributed by atoms with van der Waals surface area (Å²) in [5.41, 5.74) is 0.312. The first-order valence-electron chi connectivity index (χ1n) is 5.38. The molecule has 6 heteroatoms. The predicted octanol–water partition coefficient (Wildman–Crippen LogP) is 0.298. The number of carbonyl (C=O) groups is 2. The average Bonchev–Trinajstić information content (AvgIpc) is 2.40. The summed E-state index contributed by atoms with van der Waals surface area (Å²) < 4.78 is 5.13. The van der Waals surface area contributed by atoms with Crippen LogP contribution in [0.1, 0.15) is 10.5 Å². The summed E-state index contributed by atoms with van der Waals surface area (Å²) in [5.74, 6) is 0.346. The third kappa shape index (κ3) is 3.01. The molecule has 90 valence electrons. The fraction of sp³-hybridized carbons (Fsp3) is 0.364. The van der Waals surface area contributed by atoms with Gasteiger partial charge in [0.05, 0.1) is 6.20 Å². The molecule has 0 aliphatic carbocycles. The molecule has 1 N–H and O–H groups in total. The van der Waals surface area contributed by atoms with Gasteiger partial charge in [0.25, 0.3) is 0 Å². The van der Waals surface area contributed by atoms with E-state index in [-0.39, 0.29) is 6.09 Å². The Morgan fingerprint density at radius 2 is 2.18 bits per heavy atom. The quantitative estimate of drug-likeness (QED) is 0.746. The minimum atomic E-state index is -0.382. The zero-order valence-electron chi connectivity index (χ0n) is 9.26. The number of aromatic nitrogens is 1. The van der Waals surface area contributed by atoms with Gasteiger partial charge >= 0.3 is 6.09 Å². The molecule has 17 heavy (non-hydrogen) atoms. The van der Waals surface area contributed by atoms with Gasteiger partial charge in [-0.3, -0.25) is 4.79 Å². The highest BCUT2D eigenvalue weighted by molar-refractivity contribution is 5.73. The monoisotopic (exact) mass is 235 g/mol. The molecule has 1 aliphatic heterocycles. The second kappa shape index (κ2) is 5.40. The molecule has 1 fully saturated rings. The van der Waals surface area contributed by atoms with Crippen molar-refractivity contribution >= 4 is 12.4 Å². The molecule has 0 radical (unpaired) electrons. The third-order valence-electron chi connectivity index (χ3n) is 2.46. The van der Waals surface area contributed by atoms with Crippen LogP contribution in [0.25, 0.3) is 0 Å². The van der Waals surface area contributed by atoms with Gasteiger partial charge in [0, 0.05) is 26.2 Å². The van der Waals surface area contributed by atoms with Crippen LogP contribution in [0.15, 0.2) is 18.3 Å². The zero-order chi connectivity index (χ0) is 12.1. The van der Waals surface area contributed by atoms with Crippen LogP contribution in [-0.2, 0) is 0 Å². The minimum absolute atomic E-state index is 0.312. The normalized spacial score (nSPS) is 15.4. The van der Waals surface area contributed by atoms with Crippen molar-refractivity contribution in [1.82, 2.24) is 15.2 Å². The number of aldehydes is 1. The van der Waals surface area contributed by atoms with E-state index in [4.69, 9.17) is 4.74 Å². The fourth-order valence-electron chi connectivity index (χ4n) is 1.53. The second-order valence-corrected chi connectivity index (χ2v) is 3.64. The Hall–Kier alpha value is -1.95. The van der Waals surface area contributed by atoms with E-state index in [2.05, 4.69) is 10.3 Å². The second-order valence-electron chi connectivity index (χ2n) is 3.64. The topological polar surface area (TPSA) is 71.5 Å². The number of amides is 1. The van der Waals surface area contributed by atoms with Crippen LogP contribution >= 0.6 is 0 Å². The van der Waals surface area contributed by atoms with E-state index in [9.17, 15) is 9.59 Å². The van der Waals surface area contributed by atoms with Crippen molar-refractivity contribution in [2.75, 3.05) is 26.2 Å². The summed E-state index contributed by atoms with van der Waals surface area (Å²) in [6.07, 6.45) is 1.62. The van der Waals surface area contributed by atoms with Crippen molar-refractivity contribution in [3.63, 3.8) is 0 Å². The summed E-state index contributed by atoms with van der Waals surface area (Å²) >= 11 is 0. The number of ether oxygens (including phenoxy) is 1. The lowest BCUT2D eigenvalue weighted by Gasteiger charge is -2.26. The van der Waals surface area contributed by atoms with E-state index in [1.165, 1.54) is 12.3 Å². The van der Waals surface area contributed by atoms with Crippen LogP contribution in [0, 0.1) is 0 Å². The highest BCUT2D eigenvalue weighted by Gasteiger charge is 2.17. The number of nitrogens with one attached hydrogen (secondary N) is 1. The summed E-state index contributed by atoms with van der Waals surface area (Å²) in [6, 6.07) is 3.06.